The van der Waals surface area contributed by atoms with Crippen molar-refractivity contribution in [3.63, 3.8) is 0 Å². The monoisotopic (exact) mass is 375 g/mol. The van der Waals surface area contributed by atoms with E-state index in [1.54, 1.807) is 30.3 Å². The Hall–Kier alpha value is -2.40. The van der Waals surface area contributed by atoms with Crippen molar-refractivity contribution in [1.82, 2.24) is 0 Å². The highest BCUT2D eigenvalue weighted by atomic mass is 35.5. The van der Waals surface area contributed by atoms with Crippen molar-refractivity contribution < 1.29 is 19.1 Å². The second-order valence-electron chi connectivity index (χ2n) is 6.57. The Balaban J connectivity index is 1.76. The van der Waals surface area contributed by atoms with Crippen molar-refractivity contribution >= 4 is 29.2 Å². The van der Waals surface area contributed by atoms with Gasteiger partial charge in [-0.3, -0.25) is 9.59 Å². The quantitative estimate of drug-likeness (QED) is 0.792. The molecule has 1 saturated carbocycles. The number of benzene rings is 2. The molecule has 1 aliphatic carbocycles. The summed E-state index contributed by atoms with van der Waals surface area (Å²) in [5.41, 5.74) is 1.85. The lowest BCUT2D eigenvalue weighted by atomic mass is 9.81. The Kier molecular flexibility index (Phi) is 5.57. The first-order valence-electron chi connectivity index (χ1n) is 8.53. The predicted molar refractivity (Wildman–Crippen MR) is 98.6 cm³/mol. The SMILES string of the molecule is O=C(O)C1CCC(C(=O)Nc2ccc(F)cc2-c2ccc(Cl)cc2)CC1. The van der Waals surface area contributed by atoms with Gasteiger partial charge >= 0.3 is 5.97 Å². The maximum absolute atomic E-state index is 13.7. The Bertz CT molecular complexity index is 814. The minimum atomic E-state index is -0.799. The fourth-order valence-corrected chi connectivity index (χ4v) is 3.46. The van der Waals surface area contributed by atoms with Crippen molar-refractivity contribution in [3.05, 3.63) is 53.3 Å². The number of hydrogen-bond donors (Lipinski definition) is 2. The number of nitrogens with one attached hydrogen (secondary N) is 1. The van der Waals surface area contributed by atoms with E-state index >= 15 is 0 Å². The number of rotatable bonds is 4. The van der Waals surface area contributed by atoms with Crippen LogP contribution in [0.4, 0.5) is 10.1 Å². The van der Waals surface area contributed by atoms with E-state index < -0.39 is 11.8 Å². The summed E-state index contributed by atoms with van der Waals surface area (Å²) in [6.45, 7) is 0. The number of halogens is 2. The second-order valence-corrected chi connectivity index (χ2v) is 7.01. The summed E-state index contributed by atoms with van der Waals surface area (Å²) >= 11 is 5.90. The lowest BCUT2D eigenvalue weighted by Crippen LogP contribution is -2.29. The fraction of sp³-hybridized carbons (Fsp3) is 0.300. The summed E-state index contributed by atoms with van der Waals surface area (Å²) in [4.78, 5) is 23.6. The molecule has 0 unspecified atom stereocenters. The Morgan fingerprint density at radius 2 is 1.62 bits per heavy atom. The molecule has 136 valence electrons. The van der Waals surface area contributed by atoms with Gasteiger partial charge in [-0.25, -0.2) is 4.39 Å². The Labute approximate surface area is 156 Å². The van der Waals surface area contributed by atoms with E-state index in [2.05, 4.69) is 5.32 Å². The molecule has 4 nitrogen and oxygen atoms in total. The lowest BCUT2D eigenvalue weighted by Gasteiger charge is -2.25. The molecule has 2 aromatic rings. The topological polar surface area (TPSA) is 66.4 Å². The molecule has 0 aromatic heterocycles. The Morgan fingerprint density at radius 1 is 1.00 bits per heavy atom. The molecular weight excluding hydrogens is 357 g/mol. The van der Waals surface area contributed by atoms with E-state index in [1.807, 2.05) is 0 Å². The van der Waals surface area contributed by atoms with Gasteiger partial charge in [-0.2, -0.15) is 0 Å². The number of anilines is 1. The van der Waals surface area contributed by atoms with Gasteiger partial charge in [-0.1, -0.05) is 23.7 Å². The molecule has 0 spiro atoms. The minimum absolute atomic E-state index is 0.157. The van der Waals surface area contributed by atoms with Crippen LogP contribution in [0, 0.1) is 17.7 Å². The van der Waals surface area contributed by atoms with E-state index in [0.29, 0.717) is 42.0 Å². The number of amides is 1. The number of hydrogen-bond acceptors (Lipinski definition) is 2. The summed E-state index contributed by atoms with van der Waals surface area (Å²) in [6, 6.07) is 11.2. The number of carbonyl (C=O) groups excluding carboxylic acids is 1. The first kappa shape index (κ1) is 18.4. The first-order valence-corrected chi connectivity index (χ1v) is 8.91. The maximum atomic E-state index is 13.7. The molecule has 26 heavy (non-hydrogen) atoms. The zero-order valence-electron chi connectivity index (χ0n) is 14.0. The molecule has 1 aliphatic rings. The van der Waals surface area contributed by atoms with E-state index in [1.165, 1.54) is 12.1 Å². The molecule has 0 saturated heterocycles. The molecule has 1 fully saturated rings. The molecule has 0 heterocycles. The molecule has 3 rings (SSSR count). The number of carboxylic acids is 1. The fourth-order valence-electron chi connectivity index (χ4n) is 3.33. The third-order valence-corrected chi connectivity index (χ3v) is 5.09. The molecule has 0 aliphatic heterocycles. The van der Waals surface area contributed by atoms with E-state index in [-0.39, 0.29) is 17.7 Å². The van der Waals surface area contributed by atoms with Gasteiger partial charge in [0, 0.05) is 22.2 Å². The Morgan fingerprint density at radius 3 is 2.23 bits per heavy atom. The van der Waals surface area contributed by atoms with Crippen molar-refractivity contribution in [1.29, 1.82) is 0 Å². The van der Waals surface area contributed by atoms with Crippen molar-refractivity contribution in [2.24, 2.45) is 11.8 Å². The van der Waals surface area contributed by atoms with Crippen LogP contribution in [0.5, 0.6) is 0 Å². The van der Waals surface area contributed by atoms with Gasteiger partial charge in [0.2, 0.25) is 5.91 Å². The molecule has 0 bridgehead atoms. The average molecular weight is 376 g/mol. The average Bonchev–Trinajstić information content (AvgIpc) is 2.64. The number of aliphatic carboxylic acids is 1. The zero-order chi connectivity index (χ0) is 18.7. The number of carboxylic acid groups (broad SMARTS) is 1. The summed E-state index contributed by atoms with van der Waals surface area (Å²) in [5, 5.41) is 12.5. The van der Waals surface area contributed by atoms with Gasteiger partial charge in [-0.05, 0) is 61.6 Å². The van der Waals surface area contributed by atoms with Crippen LogP contribution in [-0.4, -0.2) is 17.0 Å². The van der Waals surface area contributed by atoms with Gasteiger partial charge in [0.05, 0.1) is 5.92 Å². The van der Waals surface area contributed by atoms with E-state index in [9.17, 15) is 14.0 Å². The highest BCUT2D eigenvalue weighted by Crippen LogP contribution is 2.33. The summed E-state index contributed by atoms with van der Waals surface area (Å²) in [6.07, 6.45) is 2.09. The normalized spacial score (nSPS) is 19.8. The number of carbonyl (C=O) groups is 2. The largest absolute Gasteiger partial charge is 0.481 e. The summed E-state index contributed by atoms with van der Waals surface area (Å²) in [5.74, 6) is -1.94. The van der Waals surface area contributed by atoms with Crippen LogP contribution in [-0.2, 0) is 9.59 Å². The molecular formula is C20H19ClFNO3. The van der Waals surface area contributed by atoms with Crippen LogP contribution in [0.1, 0.15) is 25.7 Å². The molecule has 6 heteroatoms. The third-order valence-electron chi connectivity index (χ3n) is 4.84. The molecule has 0 atom stereocenters. The highest BCUT2D eigenvalue weighted by molar-refractivity contribution is 6.30. The minimum Gasteiger partial charge on any atom is -0.481 e. The maximum Gasteiger partial charge on any atom is 0.306 e. The van der Waals surface area contributed by atoms with Gasteiger partial charge in [-0.15, -0.1) is 0 Å². The predicted octanol–water partition coefficient (Wildman–Crippen LogP) is 4.98. The van der Waals surface area contributed by atoms with Crippen LogP contribution in [0.25, 0.3) is 11.1 Å². The van der Waals surface area contributed by atoms with Gasteiger partial charge < -0.3 is 10.4 Å². The van der Waals surface area contributed by atoms with Gasteiger partial charge in [0.1, 0.15) is 5.82 Å². The second kappa shape index (κ2) is 7.87. The van der Waals surface area contributed by atoms with Gasteiger partial charge in [0.15, 0.2) is 0 Å². The van der Waals surface area contributed by atoms with Crippen LogP contribution >= 0.6 is 11.6 Å². The van der Waals surface area contributed by atoms with Gasteiger partial charge in [0.25, 0.3) is 0 Å². The molecule has 2 aromatic carbocycles. The van der Waals surface area contributed by atoms with Crippen molar-refractivity contribution in [2.45, 2.75) is 25.7 Å². The summed E-state index contributed by atoms with van der Waals surface area (Å²) in [7, 11) is 0. The third kappa shape index (κ3) is 4.22. The van der Waals surface area contributed by atoms with Crippen LogP contribution in [0.2, 0.25) is 5.02 Å². The highest BCUT2D eigenvalue weighted by Gasteiger charge is 2.30. The van der Waals surface area contributed by atoms with Crippen LogP contribution in [0.15, 0.2) is 42.5 Å². The zero-order valence-corrected chi connectivity index (χ0v) is 14.8. The van der Waals surface area contributed by atoms with E-state index in [0.717, 1.165) is 5.56 Å². The van der Waals surface area contributed by atoms with Crippen LogP contribution < -0.4 is 5.32 Å². The van der Waals surface area contributed by atoms with Crippen molar-refractivity contribution in [3.8, 4) is 11.1 Å². The molecule has 0 radical (unpaired) electrons. The summed E-state index contributed by atoms with van der Waals surface area (Å²) < 4.78 is 13.7. The molecule has 1 amide bonds. The smallest absolute Gasteiger partial charge is 0.306 e. The molecule has 2 N–H and O–H groups in total. The van der Waals surface area contributed by atoms with Crippen molar-refractivity contribution in [2.75, 3.05) is 5.32 Å². The first-order chi connectivity index (χ1) is 12.4. The van der Waals surface area contributed by atoms with E-state index in [4.69, 9.17) is 16.7 Å². The lowest BCUT2D eigenvalue weighted by molar-refractivity contribution is -0.143. The standard InChI is InChI=1S/C20H19ClFNO3/c21-15-7-5-12(6-8-15)17-11-16(22)9-10-18(17)23-19(24)13-1-3-14(4-2-13)20(25)26/h5-11,13-14H,1-4H2,(H,23,24)(H,25,26). The van der Waals surface area contributed by atoms with Crippen LogP contribution in [0.3, 0.4) is 0 Å².